The Hall–Kier alpha value is -1.30. The van der Waals surface area contributed by atoms with E-state index in [0.29, 0.717) is 28.8 Å². The van der Waals surface area contributed by atoms with Gasteiger partial charge >= 0.3 is 5.97 Å². The zero-order valence-corrected chi connectivity index (χ0v) is 14.4. The summed E-state index contributed by atoms with van der Waals surface area (Å²) in [6.07, 6.45) is 2.02. The van der Waals surface area contributed by atoms with Crippen molar-refractivity contribution in [2.45, 2.75) is 25.4 Å². The van der Waals surface area contributed by atoms with Crippen LogP contribution in [0.5, 0.6) is 0 Å². The van der Waals surface area contributed by atoms with E-state index in [1.54, 1.807) is 17.0 Å². The number of hydrogen-bond acceptors (Lipinski definition) is 4. The third kappa shape index (κ3) is 5.09. The molecule has 1 aliphatic heterocycles. The first-order valence-corrected chi connectivity index (χ1v) is 8.19. The topological polar surface area (TPSA) is 55.8 Å². The maximum atomic E-state index is 12.7. The van der Waals surface area contributed by atoms with Gasteiger partial charge in [-0.25, -0.2) is 0 Å². The first-order valence-electron chi connectivity index (χ1n) is 7.44. The average Bonchev–Trinajstić information content (AvgIpc) is 3.06. The quantitative estimate of drug-likeness (QED) is 0.732. The minimum atomic E-state index is -0.357. The molecule has 0 aliphatic carbocycles. The fourth-order valence-corrected chi connectivity index (χ4v) is 2.75. The standard InChI is InChI=1S/C16H19Cl2NO4/c1-22-15(20)6-7-19(10-12-3-2-8-23-12)16(21)11-4-5-13(17)14(18)9-11/h4-5,9,12H,2-3,6-8,10H2,1H3. The minimum absolute atomic E-state index is 0.000584. The highest BCUT2D eigenvalue weighted by Crippen LogP contribution is 2.24. The molecular weight excluding hydrogens is 341 g/mol. The van der Waals surface area contributed by atoms with Crippen molar-refractivity contribution < 1.29 is 19.1 Å². The molecule has 0 spiro atoms. The van der Waals surface area contributed by atoms with Crippen LogP contribution in [-0.4, -0.2) is 49.7 Å². The molecule has 1 amide bonds. The normalized spacial score (nSPS) is 17.1. The van der Waals surface area contributed by atoms with Gasteiger partial charge in [-0.3, -0.25) is 9.59 Å². The summed E-state index contributed by atoms with van der Waals surface area (Å²) in [6, 6.07) is 4.74. The number of nitrogens with zero attached hydrogens (tertiary/aromatic N) is 1. The molecule has 1 aliphatic rings. The Bertz CT molecular complexity index is 573. The molecule has 126 valence electrons. The molecule has 0 radical (unpaired) electrons. The fraction of sp³-hybridized carbons (Fsp3) is 0.500. The van der Waals surface area contributed by atoms with E-state index >= 15 is 0 Å². The highest BCUT2D eigenvalue weighted by molar-refractivity contribution is 6.42. The lowest BCUT2D eigenvalue weighted by Crippen LogP contribution is -2.38. The third-order valence-corrected chi connectivity index (χ3v) is 4.45. The van der Waals surface area contributed by atoms with Crippen molar-refractivity contribution in [3.8, 4) is 0 Å². The number of benzene rings is 1. The van der Waals surface area contributed by atoms with Crippen molar-refractivity contribution in [3.63, 3.8) is 0 Å². The van der Waals surface area contributed by atoms with Crippen LogP contribution < -0.4 is 0 Å². The smallest absolute Gasteiger partial charge is 0.307 e. The van der Waals surface area contributed by atoms with Gasteiger partial charge < -0.3 is 14.4 Å². The largest absolute Gasteiger partial charge is 0.469 e. The first-order chi connectivity index (χ1) is 11.0. The number of amides is 1. The van der Waals surface area contributed by atoms with Gasteiger partial charge in [-0.05, 0) is 31.0 Å². The van der Waals surface area contributed by atoms with E-state index in [-0.39, 0.29) is 30.9 Å². The van der Waals surface area contributed by atoms with Gasteiger partial charge in [0, 0.05) is 25.3 Å². The number of halogens is 2. The molecule has 1 aromatic rings. The molecule has 1 aromatic carbocycles. The van der Waals surface area contributed by atoms with Crippen molar-refractivity contribution >= 4 is 35.1 Å². The lowest BCUT2D eigenvalue weighted by atomic mass is 10.1. The maximum absolute atomic E-state index is 12.7. The Labute approximate surface area is 145 Å². The van der Waals surface area contributed by atoms with Crippen LogP contribution in [0.3, 0.4) is 0 Å². The number of hydrogen-bond donors (Lipinski definition) is 0. The monoisotopic (exact) mass is 359 g/mol. The van der Waals surface area contributed by atoms with Crippen molar-refractivity contribution in [1.29, 1.82) is 0 Å². The molecule has 0 bridgehead atoms. The van der Waals surface area contributed by atoms with Gasteiger partial charge in [0.2, 0.25) is 0 Å². The van der Waals surface area contributed by atoms with Crippen LogP contribution in [0.25, 0.3) is 0 Å². The summed E-state index contributed by atoms with van der Waals surface area (Å²) in [5.41, 5.74) is 0.433. The second-order valence-electron chi connectivity index (χ2n) is 5.34. The highest BCUT2D eigenvalue weighted by atomic mass is 35.5. The van der Waals surface area contributed by atoms with Crippen LogP contribution in [0.1, 0.15) is 29.6 Å². The van der Waals surface area contributed by atoms with E-state index in [9.17, 15) is 9.59 Å². The number of ether oxygens (including phenoxy) is 2. The van der Waals surface area contributed by atoms with E-state index < -0.39 is 0 Å². The van der Waals surface area contributed by atoms with Gasteiger partial charge in [0.05, 0.1) is 29.7 Å². The number of carbonyl (C=O) groups is 2. The second-order valence-corrected chi connectivity index (χ2v) is 6.16. The van der Waals surface area contributed by atoms with Crippen LogP contribution in [0, 0.1) is 0 Å². The number of carbonyl (C=O) groups excluding carboxylic acids is 2. The molecule has 2 rings (SSSR count). The van der Waals surface area contributed by atoms with Gasteiger partial charge in [0.1, 0.15) is 0 Å². The molecule has 0 aromatic heterocycles. The van der Waals surface area contributed by atoms with Crippen molar-refractivity contribution in [3.05, 3.63) is 33.8 Å². The molecule has 5 nitrogen and oxygen atoms in total. The third-order valence-electron chi connectivity index (χ3n) is 3.72. The van der Waals surface area contributed by atoms with Gasteiger partial charge in [-0.1, -0.05) is 23.2 Å². The Balaban J connectivity index is 2.10. The summed E-state index contributed by atoms with van der Waals surface area (Å²) in [5, 5.41) is 0.714. The van der Waals surface area contributed by atoms with Crippen LogP contribution in [0.2, 0.25) is 10.0 Å². The number of methoxy groups -OCH3 is 1. The van der Waals surface area contributed by atoms with Crippen LogP contribution in [-0.2, 0) is 14.3 Å². The molecular formula is C16H19Cl2NO4. The Morgan fingerprint density at radius 1 is 1.35 bits per heavy atom. The minimum Gasteiger partial charge on any atom is -0.469 e. The maximum Gasteiger partial charge on any atom is 0.307 e. The first kappa shape index (κ1) is 18.0. The zero-order valence-electron chi connectivity index (χ0n) is 12.9. The van der Waals surface area contributed by atoms with Crippen molar-refractivity contribution in [2.75, 3.05) is 26.8 Å². The highest BCUT2D eigenvalue weighted by Gasteiger charge is 2.24. The SMILES string of the molecule is COC(=O)CCN(CC1CCCO1)C(=O)c1ccc(Cl)c(Cl)c1. The van der Waals surface area contributed by atoms with E-state index in [0.717, 1.165) is 12.8 Å². The summed E-state index contributed by atoms with van der Waals surface area (Å²) in [7, 11) is 1.33. The molecule has 1 atom stereocenters. The molecule has 0 saturated carbocycles. The molecule has 23 heavy (non-hydrogen) atoms. The zero-order chi connectivity index (χ0) is 16.8. The van der Waals surface area contributed by atoms with E-state index in [4.69, 9.17) is 27.9 Å². The van der Waals surface area contributed by atoms with Crippen LogP contribution >= 0.6 is 23.2 Å². The Morgan fingerprint density at radius 3 is 2.74 bits per heavy atom. The summed E-state index contributed by atoms with van der Waals surface area (Å²) in [4.78, 5) is 25.7. The van der Waals surface area contributed by atoms with Crippen LogP contribution in [0.4, 0.5) is 0 Å². The summed E-state index contributed by atoms with van der Waals surface area (Å²) >= 11 is 11.9. The van der Waals surface area contributed by atoms with Crippen molar-refractivity contribution in [2.24, 2.45) is 0 Å². The van der Waals surface area contributed by atoms with Gasteiger partial charge in [0.25, 0.3) is 5.91 Å². The van der Waals surface area contributed by atoms with Gasteiger partial charge in [0.15, 0.2) is 0 Å². The van der Waals surface area contributed by atoms with E-state index in [1.165, 1.54) is 13.2 Å². The lowest BCUT2D eigenvalue weighted by molar-refractivity contribution is -0.140. The molecule has 0 N–H and O–H groups in total. The second kappa shape index (κ2) is 8.52. The summed E-state index contributed by atoms with van der Waals surface area (Å²) < 4.78 is 10.2. The molecule has 1 unspecified atom stereocenters. The van der Waals surface area contributed by atoms with Crippen LogP contribution in [0.15, 0.2) is 18.2 Å². The van der Waals surface area contributed by atoms with Gasteiger partial charge in [-0.15, -0.1) is 0 Å². The lowest BCUT2D eigenvalue weighted by Gasteiger charge is -2.25. The molecule has 1 saturated heterocycles. The fourth-order valence-electron chi connectivity index (χ4n) is 2.45. The number of esters is 1. The molecule has 1 heterocycles. The molecule has 7 heteroatoms. The predicted octanol–water partition coefficient (Wildman–Crippen LogP) is 3.18. The van der Waals surface area contributed by atoms with Gasteiger partial charge in [-0.2, -0.15) is 0 Å². The van der Waals surface area contributed by atoms with Crippen molar-refractivity contribution in [1.82, 2.24) is 4.90 Å². The molecule has 1 fully saturated rings. The van der Waals surface area contributed by atoms with E-state index in [2.05, 4.69) is 4.74 Å². The summed E-state index contributed by atoms with van der Waals surface area (Å²) in [6.45, 7) is 1.41. The number of rotatable bonds is 6. The average molecular weight is 360 g/mol. The Morgan fingerprint density at radius 2 is 2.13 bits per heavy atom. The summed E-state index contributed by atoms with van der Waals surface area (Å²) in [5.74, 6) is -0.563. The van der Waals surface area contributed by atoms with E-state index in [1.807, 2.05) is 0 Å². The predicted molar refractivity (Wildman–Crippen MR) is 88.0 cm³/mol. The Kier molecular flexibility index (Phi) is 6.69.